The molecule has 3 rings (SSSR count). The maximum Gasteiger partial charge on any atom is 0.262 e. The van der Waals surface area contributed by atoms with E-state index in [2.05, 4.69) is 10.3 Å². The molecule has 1 aromatic carbocycles. The average Bonchev–Trinajstić information content (AvgIpc) is 3.11. The van der Waals surface area contributed by atoms with Crippen LogP contribution < -0.4 is 10.1 Å². The van der Waals surface area contributed by atoms with Crippen molar-refractivity contribution < 1.29 is 22.7 Å². The Morgan fingerprint density at radius 1 is 1.38 bits per heavy atom. The highest BCUT2D eigenvalue weighted by Gasteiger charge is 2.25. The van der Waals surface area contributed by atoms with Gasteiger partial charge in [-0.25, -0.2) is 13.8 Å². The van der Waals surface area contributed by atoms with Gasteiger partial charge in [-0.2, -0.15) is 0 Å². The molecule has 0 saturated heterocycles. The highest BCUT2D eigenvalue weighted by molar-refractivity contribution is 7.09. The predicted molar refractivity (Wildman–Crippen MR) is 95.1 cm³/mol. The summed E-state index contributed by atoms with van der Waals surface area (Å²) in [5, 5.41) is 2.77. The summed E-state index contributed by atoms with van der Waals surface area (Å²) in [7, 11) is 0. The quantitative estimate of drug-likeness (QED) is 0.685. The summed E-state index contributed by atoms with van der Waals surface area (Å²) < 4.78 is 37.4. The second-order valence-corrected chi connectivity index (χ2v) is 7.03. The topological polar surface area (TPSA) is 64.4 Å². The average molecular weight is 380 g/mol. The third-order valence-electron chi connectivity index (χ3n) is 3.84. The summed E-state index contributed by atoms with van der Waals surface area (Å²) in [6, 6.07) is 5.12. The first kappa shape index (κ1) is 18.3. The fourth-order valence-electron chi connectivity index (χ4n) is 2.51. The number of carbonyl (C=O) groups is 1. The minimum atomic E-state index is -2.98. The van der Waals surface area contributed by atoms with Crippen LogP contribution in [0.5, 0.6) is 5.75 Å². The molecule has 0 spiro atoms. The van der Waals surface area contributed by atoms with Crippen molar-refractivity contribution in [3.05, 3.63) is 45.6 Å². The summed E-state index contributed by atoms with van der Waals surface area (Å²) in [4.78, 5) is 17.5. The van der Waals surface area contributed by atoms with Crippen LogP contribution in [0.3, 0.4) is 0 Å². The molecule has 0 unspecified atom stereocenters. The number of thiazole rings is 1. The van der Waals surface area contributed by atoms with Crippen LogP contribution in [-0.2, 0) is 6.61 Å². The van der Waals surface area contributed by atoms with E-state index in [9.17, 15) is 13.6 Å². The Labute approximate surface area is 153 Å². The second kappa shape index (κ2) is 7.03. The molecule has 8 heteroatoms. The lowest BCUT2D eigenvalue weighted by Gasteiger charge is -2.11. The van der Waals surface area contributed by atoms with E-state index in [0.29, 0.717) is 29.1 Å². The molecule has 0 radical (unpaired) electrons. The number of aromatic nitrogens is 1. The molecule has 1 N–H and O–H groups in total. The van der Waals surface area contributed by atoms with Crippen LogP contribution in [0.4, 0.5) is 8.78 Å². The third-order valence-corrected chi connectivity index (χ3v) is 4.75. The fourth-order valence-corrected chi connectivity index (χ4v) is 3.20. The van der Waals surface area contributed by atoms with Crippen molar-refractivity contribution in [2.75, 3.05) is 6.54 Å². The van der Waals surface area contributed by atoms with Crippen molar-refractivity contribution in [3.63, 3.8) is 0 Å². The molecule has 0 saturated carbocycles. The van der Waals surface area contributed by atoms with Gasteiger partial charge in [0.25, 0.3) is 11.8 Å². The first-order valence-electron chi connectivity index (χ1n) is 7.95. The molecule has 138 valence electrons. The van der Waals surface area contributed by atoms with Gasteiger partial charge >= 0.3 is 0 Å². The Bertz CT molecular complexity index is 944. The molecule has 2 aromatic heterocycles. The number of carbonyl (C=O) groups excluding carboxylic acids is 1. The lowest BCUT2D eigenvalue weighted by Crippen LogP contribution is -2.34. The number of alkyl halides is 2. The van der Waals surface area contributed by atoms with Crippen LogP contribution in [0, 0.1) is 13.8 Å². The van der Waals surface area contributed by atoms with Gasteiger partial charge in [0.2, 0.25) is 0 Å². The summed E-state index contributed by atoms with van der Waals surface area (Å²) in [5.41, 5.74) is 3.40. The summed E-state index contributed by atoms with van der Waals surface area (Å²) in [6.45, 7) is 3.91. The SMILES string of the molecule is Cc1ncsc1COc1ccc2oc(C)c(C(=O)NCC(C)(F)F)c2c1. The van der Waals surface area contributed by atoms with Crippen molar-refractivity contribution in [2.45, 2.75) is 33.3 Å². The Balaban J connectivity index is 1.83. The molecule has 0 atom stereocenters. The Morgan fingerprint density at radius 2 is 2.15 bits per heavy atom. The van der Waals surface area contributed by atoms with Crippen molar-refractivity contribution in [1.29, 1.82) is 0 Å². The summed E-state index contributed by atoms with van der Waals surface area (Å²) >= 11 is 1.50. The number of furan rings is 1. The lowest BCUT2D eigenvalue weighted by atomic mass is 10.1. The molecule has 0 bridgehead atoms. The van der Waals surface area contributed by atoms with Crippen molar-refractivity contribution in [1.82, 2.24) is 10.3 Å². The number of halogens is 2. The lowest BCUT2D eigenvalue weighted by molar-refractivity contribution is 0.0221. The van der Waals surface area contributed by atoms with E-state index in [-0.39, 0.29) is 5.56 Å². The Morgan fingerprint density at radius 3 is 2.81 bits per heavy atom. The number of nitrogens with zero attached hydrogens (tertiary/aromatic N) is 1. The number of hydrogen-bond acceptors (Lipinski definition) is 5. The molecule has 26 heavy (non-hydrogen) atoms. The highest BCUT2D eigenvalue weighted by atomic mass is 32.1. The van der Waals surface area contributed by atoms with Crippen LogP contribution in [-0.4, -0.2) is 23.4 Å². The highest BCUT2D eigenvalue weighted by Crippen LogP contribution is 2.30. The standard InChI is InChI=1S/C18H18F2N2O3S/c1-10-15(26-9-22-10)7-24-12-4-5-14-13(6-12)16(11(2)25-14)17(23)21-8-18(3,19)20/h4-6,9H,7-8H2,1-3H3,(H,21,23). The van der Waals surface area contributed by atoms with Crippen LogP contribution in [0.2, 0.25) is 0 Å². The van der Waals surface area contributed by atoms with Gasteiger partial charge < -0.3 is 14.5 Å². The first-order valence-corrected chi connectivity index (χ1v) is 8.83. The number of ether oxygens (including phenoxy) is 1. The molecular formula is C18H18F2N2O3S. The van der Waals surface area contributed by atoms with E-state index < -0.39 is 18.4 Å². The molecule has 3 aromatic rings. The van der Waals surface area contributed by atoms with Gasteiger partial charge in [-0.1, -0.05) is 0 Å². The zero-order chi connectivity index (χ0) is 18.9. The fraction of sp³-hybridized carbons (Fsp3) is 0.333. The number of aryl methyl sites for hydroxylation is 2. The van der Waals surface area contributed by atoms with Crippen molar-refractivity contribution >= 4 is 28.2 Å². The van der Waals surface area contributed by atoms with Crippen LogP contribution in [0.25, 0.3) is 11.0 Å². The largest absolute Gasteiger partial charge is 0.488 e. The van der Waals surface area contributed by atoms with Gasteiger partial charge in [-0.05, 0) is 32.0 Å². The minimum Gasteiger partial charge on any atom is -0.488 e. The molecule has 0 aliphatic rings. The third kappa shape index (κ3) is 4.01. The van der Waals surface area contributed by atoms with Gasteiger partial charge in [-0.15, -0.1) is 11.3 Å². The van der Waals surface area contributed by atoms with Gasteiger partial charge in [-0.3, -0.25) is 4.79 Å². The molecular weight excluding hydrogens is 362 g/mol. The molecule has 2 heterocycles. The van der Waals surface area contributed by atoms with Crippen molar-refractivity contribution in [2.24, 2.45) is 0 Å². The monoisotopic (exact) mass is 380 g/mol. The van der Waals surface area contributed by atoms with Gasteiger partial charge in [0.05, 0.1) is 28.2 Å². The number of amides is 1. The smallest absolute Gasteiger partial charge is 0.262 e. The zero-order valence-corrected chi connectivity index (χ0v) is 15.4. The number of fused-ring (bicyclic) bond motifs is 1. The van der Waals surface area contributed by atoms with Crippen LogP contribution in [0.1, 0.15) is 33.6 Å². The van der Waals surface area contributed by atoms with Gasteiger partial charge in [0.1, 0.15) is 23.7 Å². The maximum atomic E-state index is 13.0. The Kier molecular flexibility index (Phi) is 4.95. The van der Waals surface area contributed by atoms with Crippen LogP contribution in [0.15, 0.2) is 28.1 Å². The summed E-state index contributed by atoms with van der Waals surface area (Å²) in [5.74, 6) is -2.66. The molecule has 0 aliphatic heterocycles. The molecule has 5 nitrogen and oxygen atoms in total. The second-order valence-electron chi connectivity index (χ2n) is 6.09. The number of rotatable bonds is 6. The molecule has 0 aliphatic carbocycles. The Hall–Kier alpha value is -2.48. The van der Waals surface area contributed by atoms with E-state index in [1.807, 2.05) is 6.92 Å². The number of hydrogen-bond donors (Lipinski definition) is 1. The first-order chi connectivity index (χ1) is 12.2. The number of nitrogens with one attached hydrogen (secondary N) is 1. The minimum absolute atomic E-state index is 0.240. The van der Waals surface area contributed by atoms with E-state index in [0.717, 1.165) is 17.5 Å². The molecule has 0 fully saturated rings. The van der Waals surface area contributed by atoms with E-state index >= 15 is 0 Å². The van der Waals surface area contributed by atoms with E-state index in [1.165, 1.54) is 11.3 Å². The van der Waals surface area contributed by atoms with Gasteiger partial charge in [0, 0.05) is 12.3 Å². The summed E-state index contributed by atoms with van der Waals surface area (Å²) in [6.07, 6.45) is 0. The maximum absolute atomic E-state index is 13.0. The zero-order valence-electron chi connectivity index (χ0n) is 14.6. The normalized spacial score (nSPS) is 11.7. The number of benzene rings is 1. The van der Waals surface area contributed by atoms with E-state index in [1.54, 1.807) is 30.6 Å². The van der Waals surface area contributed by atoms with E-state index in [4.69, 9.17) is 9.15 Å². The van der Waals surface area contributed by atoms with Gasteiger partial charge in [0.15, 0.2) is 0 Å². The van der Waals surface area contributed by atoms with Crippen LogP contribution >= 0.6 is 11.3 Å². The van der Waals surface area contributed by atoms with Crippen molar-refractivity contribution in [3.8, 4) is 5.75 Å². The predicted octanol–water partition coefficient (Wildman–Crippen LogP) is 4.47. The molecule has 1 amide bonds.